The van der Waals surface area contributed by atoms with Crippen LogP contribution in [0.15, 0.2) is 60.7 Å². The number of nitrogens with one attached hydrogen (secondary N) is 1. The van der Waals surface area contributed by atoms with Crippen LogP contribution < -0.4 is 9.50 Å². The molecular formula is C18H15NO4S. The highest BCUT2D eigenvalue weighted by molar-refractivity contribution is 7.67. The molecule has 3 aromatic carbocycles. The van der Waals surface area contributed by atoms with Crippen LogP contribution in [0.3, 0.4) is 0 Å². The van der Waals surface area contributed by atoms with Gasteiger partial charge in [-0.25, -0.2) is 0 Å². The minimum Gasteiger partial charge on any atom is -0.384 e. The maximum Gasteiger partial charge on any atom is 0.299 e. The molecular weight excluding hydrogens is 326 g/mol. The Morgan fingerprint density at radius 3 is 2.29 bits per heavy atom. The average molecular weight is 341 g/mol. The number of rotatable bonds is 4. The number of amides is 1. The Morgan fingerprint density at radius 2 is 1.58 bits per heavy atom. The number of hydrogen-bond donors (Lipinski definition) is 2. The lowest BCUT2D eigenvalue weighted by Crippen LogP contribution is -2.11. The van der Waals surface area contributed by atoms with Gasteiger partial charge in [-0.15, -0.1) is 0 Å². The first-order chi connectivity index (χ1) is 11.5. The van der Waals surface area contributed by atoms with E-state index in [1.54, 1.807) is 42.5 Å². The lowest BCUT2D eigenvalue weighted by molar-refractivity contribution is 0.102. The van der Waals surface area contributed by atoms with Gasteiger partial charge >= 0.3 is 0 Å². The smallest absolute Gasteiger partial charge is 0.299 e. The highest BCUT2D eigenvalue weighted by Crippen LogP contribution is 2.24. The molecule has 0 aliphatic heterocycles. The minimum absolute atomic E-state index is 0.183. The SMILES string of the molecule is Cc1ccc(C(=O)Nc2ccc3cc(O[SH](=O)=O)ccc3c2)cc1. The zero-order valence-electron chi connectivity index (χ0n) is 12.9. The molecule has 1 N–H and O–H groups in total. The molecule has 0 fully saturated rings. The van der Waals surface area contributed by atoms with Crippen molar-refractivity contribution in [3.8, 4) is 5.75 Å². The second kappa shape index (κ2) is 6.72. The summed E-state index contributed by atoms with van der Waals surface area (Å²) in [6.07, 6.45) is 0. The summed E-state index contributed by atoms with van der Waals surface area (Å²) in [7, 11) is -2.94. The van der Waals surface area contributed by atoms with E-state index in [4.69, 9.17) is 0 Å². The third-order valence-corrected chi connectivity index (χ3v) is 3.92. The third-order valence-electron chi connectivity index (χ3n) is 3.56. The number of hydrogen-bond acceptors (Lipinski definition) is 4. The summed E-state index contributed by atoms with van der Waals surface area (Å²) in [5.74, 6) is 0.0766. The maximum absolute atomic E-state index is 12.2. The molecule has 3 aromatic rings. The van der Waals surface area contributed by atoms with Crippen LogP contribution in [-0.4, -0.2) is 14.3 Å². The van der Waals surface area contributed by atoms with E-state index in [0.717, 1.165) is 16.3 Å². The number of thiol groups is 1. The third kappa shape index (κ3) is 3.72. The number of benzene rings is 3. The number of aryl methyl sites for hydroxylation is 1. The summed E-state index contributed by atoms with van der Waals surface area (Å²) in [5.41, 5.74) is 2.34. The molecule has 122 valence electrons. The molecule has 3 rings (SSSR count). The van der Waals surface area contributed by atoms with Crippen LogP contribution in [0.5, 0.6) is 5.75 Å². The predicted molar refractivity (Wildman–Crippen MR) is 94.0 cm³/mol. The lowest BCUT2D eigenvalue weighted by Gasteiger charge is -2.08. The highest BCUT2D eigenvalue weighted by atomic mass is 32.2. The van der Waals surface area contributed by atoms with E-state index in [0.29, 0.717) is 11.3 Å². The zero-order chi connectivity index (χ0) is 17.1. The van der Waals surface area contributed by atoms with Crippen LogP contribution in [0, 0.1) is 6.92 Å². The Morgan fingerprint density at radius 1 is 0.917 bits per heavy atom. The highest BCUT2D eigenvalue weighted by Gasteiger charge is 2.06. The Balaban J connectivity index is 1.82. The van der Waals surface area contributed by atoms with Crippen LogP contribution in [0.25, 0.3) is 10.8 Å². The molecule has 0 aromatic heterocycles. The predicted octanol–water partition coefficient (Wildman–Crippen LogP) is 3.31. The van der Waals surface area contributed by atoms with E-state index >= 15 is 0 Å². The van der Waals surface area contributed by atoms with Crippen molar-refractivity contribution >= 4 is 33.4 Å². The van der Waals surface area contributed by atoms with Crippen LogP contribution in [0.4, 0.5) is 5.69 Å². The van der Waals surface area contributed by atoms with Crippen molar-refractivity contribution in [3.05, 3.63) is 71.8 Å². The van der Waals surface area contributed by atoms with Gasteiger partial charge in [0.25, 0.3) is 16.9 Å². The fraction of sp³-hybridized carbons (Fsp3) is 0.0556. The molecule has 0 bridgehead atoms. The van der Waals surface area contributed by atoms with Gasteiger partial charge in [0, 0.05) is 11.3 Å². The van der Waals surface area contributed by atoms with Crippen molar-refractivity contribution < 1.29 is 17.4 Å². The number of carbonyl (C=O) groups is 1. The summed E-state index contributed by atoms with van der Waals surface area (Å²) in [5, 5.41) is 4.53. The van der Waals surface area contributed by atoms with Crippen molar-refractivity contribution in [2.45, 2.75) is 6.92 Å². The molecule has 0 saturated heterocycles. The van der Waals surface area contributed by atoms with Crippen molar-refractivity contribution in [2.75, 3.05) is 5.32 Å². The molecule has 0 saturated carbocycles. The van der Waals surface area contributed by atoms with E-state index < -0.39 is 11.0 Å². The van der Waals surface area contributed by atoms with Crippen LogP contribution >= 0.6 is 0 Å². The van der Waals surface area contributed by atoms with Gasteiger partial charge in [0.2, 0.25) is 0 Å². The van der Waals surface area contributed by atoms with E-state index in [1.165, 1.54) is 0 Å². The Kier molecular flexibility index (Phi) is 4.48. The second-order valence-corrected chi connectivity index (χ2v) is 5.99. The fourth-order valence-electron chi connectivity index (χ4n) is 2.35. The van der Waals surface area contributed by atoms with Crippen molar-refractivity contribution in [3.63, 3.8) is 0 Å². The number of fused-ring (bicyclic) bond motifs is 1. The van der Waals surface area contributed by atoms with Crippen LogP contribution in [0.2, 0.25) is 0 Å². The largest absolute Gasteiger partial charge is 0.384 e. The van der Waals surface area contributed by atoms with Crippen molar-refractivity contribution in [1.82, 2.24) is 0 Å². The van der Waals surface area contributed by atoms with Crippen molar-refractivity contribution in [1.29, 1.82) is 0 Å². The molecule has 6 heteroatoms. The van der Waals surface area contributed by atoms with Crippen LogP contribution in [0.1, 0.15) is 15.9 Å². The molecule has 5 nitrogen and oxygen atoms in total. The average Bonchev–Trinajstić information content (AvgIpc) is 2.55. The molecule has 0 spiro atoms. The first-order valence-electron chi connectivity index (χ1n) is 7.25. The quantitative estimate of drug-likeness (QED) is 0.714. The van der Waals surface area contributed by atoms with Gasteiger partial charge in [0.1, 0.15) is 5.75 Å². The maximum atomic E-state index is 12.2. The Hall–Kier alpha value is -2.86. The minimum atomic E-state index is -2.94. The van der Waals surface area contributed by atoms with Gasteiger partial charge < -0.3 is 9.50 Å². The van der Waals surface area contributed by atoms with Gasteiger partial charge in [-0.05, 0) is 54.1 Å². The summed E-state index contributed by atoms with van der Waals surface area (Å²) in [6, 6.07) is 17.6. The van der Waals surface area contributed by atoms with Gasteiger partial charge in [-0.2, -0.15) is 8.42 Å². The molecule has 0 aliphatic rings. The van der Waals surface area contributed by atoms with Gasteiger partial charge in [0.05, 0.1) is 0 Å². The molecule has 0 unspecified atom stereocenters. The normalized spacial score (nSPS) is 10.8. The van der Waals surface area contributed by atoms with Gasteiger partial charge in [0.15, 0.2) is 0 Å². The van der Waals surface area contributed by atoms with Gasteiger partial charge in [-0.1, -0.05) is 29.8 Å². The summed E-state index contributed by atoms with van der Waals surface area (Å²) < 4.78 is 25.9. The van der Waals surface area contributed by atoms with Crippen LogP contribution in [-0.2, 0) is 11.0 Å². The molecule has 0 heterocycles. The standard InChI is InChI=1S/C18H15NO4S/c1-12-2-4-13(5-3-12)18(20)19-16-8-6-15-11-17(23-24(21)22)9-7-14(15)10-16/h2-11,24H,1H3,(H,19,20). The first kappa shape index (κ1) is 16.0. The summed E-state index contributed by atoms with van der Waals surface area (Å²) in [4.78, 5) is 12.2. The molecule has 0 radical (unpaired) electrons. The topological polar surface area (TPSA) is 72.5 Å². The van der Waals surface area contributed by atoms with E-state index in [9.17, 15) is 13.2 Å². The number of anilines is 1. The lowest BCUT2D eigenvalue weighted by atomic mass is 10.1. The second-order valence-electron chi connectivity index (χ2n) is 5.36. The fourth-order valence-corrected chi connectivity index (χ4v) is 2.64. The molecule has 0 atom stereocenters. The Labute approximate surface area is 141 Å². The Bertz CT molecular complexity index is 970. The zero-order valence-corrected chi connectivity index (χ0v) is 13.7. The van der Waals surface area contributed by atoms with E-state index in [-0.39, 0.29) is 11.7 Å². The number of carbonyl (C=O) groups excluding carboxylic acids is 1. The summed E-state index contributed by atoms with van der Waals surface area (Å²) >= 11 is 0. The monoisotopic (exact) mass is 341 g/mol. The summed E-state index contributed by atoms with van der Waals surface area (Å²) in [6.45, 7) is 1.96. The first-order valence-corrected chi connectivity index (χ1v) is 8.35. The molecule has 0 aliphatic carbocycles. The molecule has 1 amide bonds. The van der Waals surface area contributed by atoms with E-state index in [2.05, 4.69) is 9.50 Å². The molecule has 24 heavy (non-hydrogen) atoms. The van der Waals surface area contributed by atoms with E-state index in [1.807, 2.05) is 25.1 Å². The van der Waals surface area contributed by atoms with Crippen molar-refractivity contribution in [2.24, 2.45) is 0 Å². The van der Waals surface area contributed by atoms with Gasteiger partial charge in [-0.3, -0.25) is 4.79 Å².